The molecule has 38 valence electrons. The molecular weight excluding hydrogens is 110 g/mol. The van der Waals surface area contributed by atoms with Crippen molar-refractivity contribution >= 4 is 17.2 Å². The molecule has 0 aliphatic heterocycles. The van der Waals surface area contributed by atoms with Gasteiger partial charge in [0.15, 0.2) is 0 Å². The van der Waals surface area contributed by atoms with E-state index < -0.39 is 0 Å². The predicted octanol–water partition coefficient (Wildman–Crippen LogP) is 1.60. The van der Waals surface area contributed by atoms with Gasteiger partial charge in [-0.05, 0) is 25.7 Å². The van der Waals surface area contributed by atoms with E-state index in [1.165, 1.54) is 29.5 Å². The fourth-order valence-corrected chi connectivity index (χ4v) is 2.25. The first-order chi connectivity index (χ1) is 2.91. The van der Waals surface area contributed by atoms with Crippen molar-refractivity contribution in [3.63, 3.8) is 0 Å². The molecule has 2 heteroatoms. The molecule has 0 saturated carbocycles. The van der Waals surface area contributed by atoms with E-state index in [2.05, 4.69) is 13.3 Å². The van der Waals surface area contributed by atoms with Gasteiger partial charge in [-0.1, -0.05) is 0 Å². The third-order valence-corrected chi connectivity index (χ3v) is 2.62. The van der Waals surface area contributed by atoms with Crippen LogP contribution in [0, 0.1) is 0 Å². The van der Waals surface area contributed by atoms with Crippen molar-refractivity contribution in [1.82, 2.24) is 0 Å². The minimum Gasteiger partial charge on any atom is -0.125 e. The Bertz CT molecular complexity index is 17.5. The summed E-state index contributed by atoms with van der Waals surface area (Å²) in [6.45, 7) is 4.53. The lowest BCUT2D eigenvalue weighted by Gasteiger charge is -1.87. The second-order valence-electron chi connectivity index (χ2n) is 1.21. The summed E-state index contributed by atoms with van der Waals surface area (Å²) in [6.07, 6.45) is 2.91. The van der Waals surface area contributed by atoms with E-state index in [-0.39, 0.29) is 0 Å². The van der Waals surface area contributed by atoms with Crippen LogP contribution in [0.25, 0.3) is 0 Å². The minimum atomic E-state index is 1.17. The Labute approximate surface area is 43.7 Å². The molecule has 0 nitrogen and oxygen atoms in total. The van der Waals surface area contributed by atoms with Gasteiger partial charge in [0.1, 0.15) is 0 Å². The summed E-state index contributed by atoms with van der Waals surface area (Å²) in [4.78, 5) is 0. The maximum absolute atomic E-state index is 2.26. The molecule has 0 aromatic rings. The summed E-state index contributed by atoms with van der Waals surface area (Å²) in [5.74, 6) is 0. The van der Waals surface area contributed by atoms with Crippen LogP contribution in [0.4, 0.5) is 0 Å². The molecule has 2 unspecified atom stereocenters. The Hall–Kier alpha value is 0.860. The second kappa shape index (κ2) is 5.86. The van der Waals surface area contributed by atoms with E-state index in [4.69, 9.17) is 0 Å². The van der Waals surface area contributed by atoms with Gasteiger partial charge in [0.2, 0.25) is 0 Å². The maximum Gasteiger partial charge on any atom is -0.0319 e. The van der Waals surface area contributed by atoms with Crippen LogP contribution < -0.4 is 0 Å². The Balaban J connectivity index is 2.34. The molecule has 0 heterocycles. The largest absolute Gasteiger partial charge is 0.125 e. The lowest BCUT2D eigenvalue weighted by atomic mass is 11.0. The third-order valence-electron chi connectivity index (χ3n) is 0.625. The summed E-state index contributed by atoms with van der Waals surface area (Å²) >= 11 is 0. The van der Waals surface area contributed by atoms with Gasteiger partial charge in [0.25, 0.3) is 0 Å². The van der Waals surface area contributed by atoms with Gasteiger partial charge in [0.05, 0.1) is 0 Å². The van der Waals surface area contributed by atoms with Gasteiger partial charge in [-0.25, -0.2) is 0 Å². The maximum atomic E-state index is 2.26. The Morgan fingerprint density at radius 2 is 1.33 bits per heavy atom. The van der Waals surface area contributed by atoms with Crippen LogP contribution in [0.1, 0.15) is 0 Å². The molecule has 0 aliphatic rings. The Morgan fingerprint density at radius 1 is 1.00 bits per heavy atom. The Morgan fingerprint density at radius 3 is 1.50 bits per heavy atom. The van der Waals surface area contributed by atoms with Gasteiger partial charge in [-0.3, -0.25) is 0 Å². The van der Waals surface area contributed by atoms with Crippen LogP contribution >= 0.6 is 17.2 Å². The van der Waals surface area contributed by atoms with Crippen LogP contribution in [0.15, 0.2) is 0 Å². The van der Waals surface area contributed by atoms with Crippen LogP contribution in [0.2, 0.25) is 0 Å². The van der Waals surface area contributed by atoms with E-state index >= 15 is 0 Å². The Kier molecular flexibility index (Phi) is 6.70. The molecular formula is C4H12P2. The fourth-order valence-electron chi connectivity index (χ4n) is 0.250. The molecule has 0 radical (unpaired) electrons. The monoisotopic (exact) mass is 122 g/mol. The molecule has 0 aromatic heterocycles. The second-order valence-corrected chi connectivity index (χ2v) is 3.62. The zero-order valence-corrected chi connectivity index (χ0v) is 6.41. The van der Waals surface area contributed by atoms with Gasteiger partial charge in [0, 0.05) is 0 Å². The van der Waals surface area contributed by atoms with Gasteiger partial charge < -0.3 is 0 Å². The van der Waals surface area contributed by atoms with Crippen molar-refractivity contribution in [1.29, 1.82) is 0 Å². The molecule has 0 aliphatic carbocycles. The average molecular weight is 122 g/mol. The van der Waals surface area contributed by atoms with Gasteiger partial charge in [-0.15, -0.1) is 17.2 Å². The van der Waals surface area contributed by atoms with Crippen molar-refractivity contribution in [2.75, 3.05) is 25.7 Å². The topological polar surface area (TPSA) is 0 Å². The van der Waals surface area contributed by atoms with Crippen LogP contribution in [-0.4, -0.2) is 25.7 Å². The lowest BCUT2D eigenvalue weighted by molar-refractivity contribution is 1.53. The molecule has 0 rings (SSSR count). The highest BCUT2D eigenvalue weighted by molar-refractivity contribution is 7.41. The van der Waals surface area contributed by atoms with E-state index in [0.29, 0.717) is 0 Å². The standard InChI is InChI=1S/C4H12P2/c1-5-3-4-6-2/h5-6H,3-4H2,1-2H3. The van der Waals surface area contributed by atoms with E-state index in [9.17, 15) is 0 Å². The van der Waals surface area contributed by atoms with Crippen LogP contribution in [0.3, 0.4) is 0 Å². The summed E-state index contributed by atoms with van der Waals surface area (Å²) in [7, 11) is 2.34. The average Bonchev–Trinajstić information content (AvgIpc) is 1.61. The molecule has 0 aromatic carbocycles. The third kappa shape index (κ3) is 4.86. The predicted molar refractivity (Wildman–Crippen MR) is 38.2 cm³/mol. The minimum absolute atomic E-state index is 1.17. The molecule has 2 atom stereocenters. The normalized spacial score (nSPS) is 13.0. The smallest absolute Gasteiger partial charge is 0.0319 e. The zero-order valence-electron chi connectivity index (χ0n) is 4.41. The number of hydrogen-bond donors (Lipinski definition) is 0. The number of rotatable bonds is 3. The first kappa shape index (κ1) is 6.86. The summed E-state index contributed by atoms with van der Waals surface area (Å²) < 4.78 is 0. The zero-order chi connectivity index (χ0) is 4.83. The highest BCUT2D eigenvalue weighted by Gasteiger charge is 1.74. The summed E-state index contributed by atoms with van der Waals surface area (Å²) in [5.41, 5.74) is 0. The summed E-state index contributed by atoms with van der Waals surface area (Å²) in [5, 5.41) is 0. The van der Waals surface area contributed by atoms with Gasteiger partial charge in [-0.2, -0.15) is 0 Å². The quantitative estimate of drug-likeness (QED) is 0.394. The van der Waals surface area contributed by atoms with Crippen molar-refractivity contribution in [2.24, 2.45) is 0 Å². The first-order valence-electron chi connectivity index (χ1n) is 2.21. The molecule has 0 spiro atoms. The molecule has 0 amide bonds. The summed E-state index contributed by atoms with van der Waals surface area (Å²) in [6, 6.07) is 0. The molecule has 0 bridgehead atoms. The van der Waals surface area contributed by atoms with Crippen molar-refractivity contribution in [2.45, 2.75) is 0 Å². The highest BCUT2D eigenvalue weighted by atomic mass is 31.1. The first-order valence-corrected chi connectivity index (χ1v) is 5.62. The van der Waals surface area contributed by atoms with Crippen molar-refractivity contribution < 1.29 is 0 Å². The van der Waals surface area contributed by atoms with Crippen molar-refractivity contribution in [3.8, 4) is 0 Å². The molecule has 0 fully saturated rings. The van der Waals surface area contributed by atoms with Crippen molar-refractivity contribution in [3.05, 3.63) is 0 Å². The van der Waals surface area contributed by atoms with Gasteiger partial charge >= 0.3 is 0 Å². The fraction of sp³-hybridized carbons (Fsp3) is 1.00. The van der Waals surface area contributed by atoms with Crippen LogP contribution in [0.5, 0.6) is 0 Å². The number of hydrogen-bond acceptors (Lipinski definition) is 0. The molecule has 0 N–H and O–H groups in total. The van der Waals surface area contributed by atoms with E-state index in [1.807, 2.05) is 0 Å². The molecule has 0 saturated heterocycles. The van der Waals surface area contributed by atoms with Crippen LogP contribution in [-0.2, 0) is 0 Å². The SMILES string of the molecule is CPCCPC. The molecule has 6 heavy (non-hydrogen) atoms. The lowest BCUT2D eigenvalue weighted by Crippen LogP contribution is -1.72. The van der Waals surface area contributed by atoms with E-state index in [0.717, 1.165) is 0 Å². The van der Waals surface area contributed by atoms with E-state index in [1.54, 1.807) is 0 Å². The highest BCUT2D eigenvalue weighted by Crippen LogP contribution is 2.08.